The van der Waals surface area contributed by atoms with E-state index in [9.17, 15) is 26.4 Å². The number of nitrogens with one attached hydrogen (secondary N) is 1. The lowest BCUT2D eigenvalue weighted by Crippen LogP contribution is -2.30. The summed E-state index contributed by atoms with van der Waals surface area (Å²) in [5, 5.41) is 1.33. The Morgan fingerprint density at radius 3 is 2.28 bits per heavy atom. The third-order valence-electron chi connectivity index (χ3n) is 1.95. The molecule has 1 rings (SSSR count). The second-order valence-corrected chi connectivity index (χ2v) is 5.47. The number of rotatable bonds is 2. The molecule has 0 aliphatic heterocycles. The Morgan fingerprint density at radius 2 is 1.89 bits per heavy atom. The maximum atomic E-state index is 12.0. The predicted molar refractivity (Wildman–Crippen MR) is 56.8 cm³/mol. The summed E-state index contributed by atoms with van der Waals surface area (Å²) in [5.74, 6) is -2.14. The number of hydrogen-bond acceptors (Lipinski definition) is 4. The SMILES string of the molecule is Cc1nc(S(C)(=O)=O)ccc1NC(=O)C(F)(F)F. The molecule has 0 saturated heterocycles. The molecule has 100 valence electrons. The number of amides is 1. The molecule has 9 heteroatoms. The molecule has 0 aliphatic rings. The van der Waals surface area contributed by atoms with Crippen LogP contribution in [0.15, 0.2) is 17.2 Å². The van der Waals surface area contributed by atoms with Gasteiger partial charge in [0.05, 0.1) is 11.4 Å². The van der Waals surface area contributed by atoms with Crippen LogP contribution in [0.25, 0.3) is 0 Å². The van der Waals surface area contributed by atoms with Crippen LogP contribution >= 0.6 is 0 Å². The van der Waals surface area contributed by atoms with Crippen molar-refractivity contribution >= 4 is 21.4 Å². The van der Waals surface area contributed by atoms with Crippen molar-refractivity contribution < 1.29 is 26.4 Å². The highest BCUT2D eigenvalue weighted by molar-refractivity contribution is 7.90. The number of carbonyl (C=O) groups is 1. The van der Waals surface area contributed by atoms with E-state index in [1.54, 1.807) is 5.32 Å². The fourth-order valence-electron chi connectivity index (χ4n) is 1.07. The van der Waals surface area contributed by atoms with Crippen LogP contribution < -0.4 is 5.32 Å². The average Bonchev–Trinajstić information content (AvgIpc) is 2.17. The van der Waals surface area contributed by atoms with Gasteiger partial charge < -0.3 is 5.32 Å². The van der Waals surface area contributed by atoms with Gasteiger partial charge in [0.15, 0.2) is 14.9 Å². The van der Waals surface area contributed by atoms with Crippen molar-refractivity contribution in [2.75, 3.05) is 11.6 Å². The molecule has 5 nitrogen and oxygen atoms in total. The topological polar surface area (TPSA) is 76.1 Å². The Morgan fingerprint density at radius 1 is 1.33 bits per heavy atom. The van der Waals surface area contributed by atoms with Crippen LogP contribution in [0.3, 0.4) is 0 Å². The van der Waals surface area contributed by atoms with Crippen LogP contribution in [-0.2, 0) is 14.6 Å². The van der Waals surface area contributed by atoms with Crippen LogP contribution in [-0.4, -0.2) is 31.7 Å². The first-order chi connectivity index (χ1) is 8.01. The van der Waals surface area contributed by atoms with Crippen LogP contribution in [0.4, 0.5) is 18.9 Å². The zero-order valence-corrected chi connectivity index (χ0v) is 10.2. The summed E-state index contributed by atoms with van der Waals surface area (Å²) >= 11 is 0. The lowest BCUT2D eigenvalue weighted by atomic mass is 10.3. The molecule has 0 aliphatic carbocycles. The quantitative estimate of drug-likeness (QED) is 0.887. The predicted octanol–water partition coefficient (Wildman–Crippen LogP) is 1.29. The molecule has 1 heterocycles. The van der Waals surface area contributed by atoms with Gasteiger partial charge in [0.2, 0.25) is 0 Å². The first-order valence-corrected chi connectivity index (χ1v) is 6.47. The van der Waals surface area contributed by atoms with Gasteiger partial charge in [0, 0.05) is 6.26 Å². The summed E-state index contributed by atoms with van der Waals surface area (Å²) in [6.07, 6.45) is -4.09. The first kappa shape index (κ1) is 14.4. The van der Waals surface area contributed by atoms with E-state index in [4.69, 9.17) is 0 Å². The standard InChI is InChI=1S/C9H9F3N2O3S/c1-5-6(14-8(15)9(10,11)12)3-4-7(13-5)18(2,16)17/h3-4H,1-2H3,(H,14,15). The Hall–Kier alpha value is -1.64. The molecule has 0 atom stereocenters. The number of aryl methyl sites for hydroxylation is 1. The van der Waals surface area contributed by atoms with E-state index in [2.05, 4.69) is 4.98 Å². The minimum Gasteiger partial charge on any atom is -0.317 e. The molecule has 0 bridgehead atoms. The van der Waals surface area contributed by atoms with Crippen molar-refractivity contribution in [3.05, 3.63) is 17.8 Å². The maximum Gasteiger partial charge on any atom is 0.471 e. The lowest BCUT2D eigenvalue weighted by Gasteiger charge is -2.10. The molecule has 0 spiro atoms. The van der Waals surface area contributed by atoms with E-state index in [-0.39, 0.29) is 16.4 Å². The summed E-state index contributed by atoms with van der Waals surface area (Å²) in [7, 11) is -3.54. The van der Waals surface area contributed by atoms with E-state index in [0.29, 0.717) is 0 Å². The van der Waals surface area contributed by atoms with E-state index in [1.165, 1.54) is 6.92 Å². The summed E-state index contributed by atoms with van der Waals surface area (Å²) in [4.78, 5) is 14.3. The number of alkyl halides is 3. The molecule has 1 aromatic heterocycles. The molecule has 0 saturated carbocycles. The molecule has 1 amide bonds. The fraction of sp³-hybridized carbons (Fsp3) is 0.333. The highest BCUT2D eigenvalue weighted by atomic mass is 32.2. The van der Waals surface area contributed by atoms with Crippen molar-refractivity contribution in [3.8, 4) is 0 Å². The Kier molecular flexibility index (Phi) is 3.65. The Bertz CT molecular complexity index is 581. The molecule has 0 radical (unpaired) electrons. The number of aromatic nitrogens is 1. The summed E-state index contributed by atoms with van der Waals surface area (Å²) in [5.41, 5.74) is -0.208. The smallest absolute Gasteiger partial charge is 0.317 e. The van der Waals surface area contributed by atoms with Gasteiger partial charge in [0.25, 0.3) is 0 Å². The largest absolute Gasteiger partial charge is 0.471 e. The van der Waals surface area contributed by atoms with Gasteiger partial charge in [-0.25, -0.2) is 13.4 Å². The van der Waals surface area contributed by atoms with Crippen molar-refractivity contribution in [1.82, 2.24) is 4.98 Å². The third kappa shape index (κ3) is 3.42. The zero-order chi connectivity index (χ0) is 14.1. The van der Waals surface area contributed by atoms with Gasteiger partial charge >= 0.3 is 12.1 Å². The fourth-order valence-corrected chi connectivity index (χ4v) is 1.69. The minimum absolute atomic E-state index is 0.0180. The lowest BCUT2D eigenvalue weighted by molar-refractivity contribution is -0.167. The van der Waals surface area contributed by atoms with Crippen molar-refractivity contribution in [2.45, 2.75) is 18.1 Å². The molecule has 1 aromatic rings. The number of sulfone groups is 1. The number of pyridine rings is 1. The van der Waals surface area contributed by atoms with E-state index in [0.717, 1.165) is 18.4 Å². The van der Waals surface area contributed by atoms with Crippen LogP contribution in [0, 0.1) is 6.92 Å². The summed E-state index contributed by atoms with van der Waals surface area (Å²) < 4.78 is 58.3. The molecule has 0 unspecified atom stereocenters. The molecular weight excluding hydrogens is 273 g/mol. The van der Waals surface area contributed by atoms with Gasteiger partial charge in [-0.05, 0) is 19.1 Å². The first-order valence-electron chi connectivity index (χ1n) is 4.57. The summed E-state index contributed by atoms with van der Waals surface area (Å²) in [6, 6.07) is 2.08. The number of nitrogens with zero attached hydrogens (tertiary/aromatic N) is 1. The van der Waals surface area contributed by atoms with Gasteiger partial charge in [-0.15, -0.1) is 0 Å². The Labute approximate surface area is 101 Å². The number of halogens is 3. The van der Waals surface area contributed by atoms with E-state index in [1.807, 2.05) is 0 Å². The van der Waals surface area contributed by atoms with Gasteiger partial charge in [-0.1, -0.05) is 0 Å². The molecular formula is C9H9F3N2O3S. The average molecular weight is 282 g/mol. The zero-order valence-electron chi connectivity index (χ0n) is 9.37. The van der Waals surface area contributed by atoms with Gasteiger partial charge in [-0.2, -0.15) is 13.2 Å². The number of hydrogen-bond donors (Lipinski definition) is 1. The van der Waals surface area contributed by atoms with E-state index < -0.39 is 21.9 Å². The second-order valence-electron chi connectivity index (χ2n) is 3.51. The molecule has 0 aromatic carbocycles. The maximum absolute atomic E-state index is 12.0. The second kappa shape index (κ2) is 4.56. The van der Waals surface area contributed by atoms with Crippen LogP contribution in [0.1, 0.15) is 5.69 Å². The molecule has 0 fully saturated rings. The normalized spacial score (nSPS) is 12.3. The van der Waals surface area contributed by atoms with Crippen LogP contribution in [0.5, 0.6) is 0 Å². The number of carbonyl (C=O) groups excluding carboxylic acids is 1. The van der Waals surface area contributed by atoms with Crippen molar-refractivity contribution in [3.63, 3.8) is 0 Å². The number of anilines is 1. The Balaban J connectivity index is 3.05. The monoisotopic (exact) mass is 282 g/mol. The van der Waals surface area contributed by atoms with Crippen molar-refractivity contribution in [2.24, 2.45) is 0 Å². The minimum atomic E-state index is -5.01. The van der Waals surface area contributed by atoms with Crippen LogP contribution in [0.2, 0.25) is 0 Å². The van der Waals surface area contributed by atoms with Crippen molar-refractivity contribution in [1.29, 1.82) is 0 Å². The van der Waals surface area contributed by atoms with Gasteiger partial charge in [0.1, 0.15) is 0 Å². The molecule has 18 heavy (non-hydrogen) atoms. The van der Waals surface area contributed by atoms with Gasteiger partial charge in [-0.3, -0.25) is 4.79 Å². The third-order valence-corrected chi connectivity index (χ3v) is 2.93. The highest BCUT2D eigenvalue weighted by Gasteiger charge is 2.38. The highest BCUT2D eigenvalue weighted by Crippen LogP contribution is 2.20. The summed E-state index contributed by atoms with van der Waals surface area (Å²) in [6.45, 7) is 1.29. The molecule has 1 N–H and O–H groups in total. The van der Waals surface area contributed by atoms with E-state index >= 15 is 0 Å².